The molecule has 0 heteroatoms. The van der Waals surface area contributed by atoms with E-state index < -0.39 is 0 Å². The molecule has 2 atom stereocenters. The SMILES string of the molecule is CCC1=C(CC)C2C=CC=CC1C2. The van der Waals surface area contributed by atoms with Crippen LogP contribution in [0.3, 0.4) is 0 Å². The molecule has 2 aliphatic carbocycles. The summed E-state index contributed by atoms with van der Waals surface area (Å²) in [6.45, 7) is 4.58. The Hall–Kier alpha value is -0.780. The number of allylic oxidation sites excluding steroid dienone is 6. The molecule has 0 fully saturated rings. The Morgan fingerprint density at radius 1 is 1.00 bits per heavy atom. The Morgan fingerprint density at radius 3 is 1.85 bits per heavy atom. The van der Waals surface area contributed by atoms with Crippen molar-refractivity contribution in [2.75, 3.05) is 0 Å². The van der Waals surface area contributed by atoms with Crippen LogP contribution >= 0.6 is 0 Å². The third-order valence-electron chi connectivity index (χ3n) is 3.38. The van der Waals surface area contributed by atoms with Crippen LogP contribution in [0.2, 0.25) is 0 Å². The van der Waals surface area contributed by atoms with E-state index in [2.05, 4.69) is 38.2 Å². The van der Waals surface area contributed by atoms with Crippen molar-refractivity contribution < 1.29 is 0 Å². The first-order valence-electron chi connectivity index (χ1n) is 5.43. The number of rotatable bonds is 2. The van der Waals surface area contributed by atoms with Gasteiger partial charge in [0.15, 0.2) is 0 Å². The van der Waals surface area contributed by atoms with Gasteiger partial charge in [-0.25, -0.2) is 0 Å². The summed E-state index contributed by atoms with van der Waals surface area (Å²) in [6.07, 6.45) is 13.0. The van der Waals surface area contributed by atoms with Gasteiger partial charge in [0, 0.05) is 0 Å². The Balaban J connectivity index is 2.38. The molecule has 0 aliphatic heterocycles. The predicted octanol–water partition coefficient (Wildman–Crippen LogP) is 3.87. The predicted molar refractivity (Wildman–Crippen MR) is 57.5 cm³/mol. The van der Waals surface area contributed by atoms with Gasteiger partial charge in [-0.15, -0.1) is 0 Å². The van der Waals surface area contributed by atoms with Crippen molar-refractivity contribution in [3.05, 3.63) is 35.5 Å². The molecule has 0 saturated carbocycles. The Morgan fingerprint density at radius 2 is 1.46 bits per heavy atom. The van der Waals surface area contributed by atoms with Crippen LogP contribution in [-0.4, -0.2) is 0 Å². The van der Waals surface area contributed by atoms with E-state index in [1.165, 1.54) is 19.3 Å². The van der Waals surface area contributed by atoms with Gasteiger partial charge >= 0.3 is 0 Å². The highest BCUT2D eigenvalue weighted by atomic mass is 14.3. The van der Waals surface area contributed by atoms with E-state index in [4.69, 9.17) is 0 Å². The zero-order valence-electron chi connectivity index (χ0n) is 8.59. The van der Waals surface area contributed by atoms with Gasteiger partial charge in [-0.2, -0.15) is 0 Å². The van der Waals surface area contributed by atoms with Crippen molar-refractivity contribution in [1.29, 1.82) is 0 Å². The summed E-state index contributed by atoms with van der Waals surface area (Å²) < 4.78 is 0. The smallest absolute Gasteiger partial charge is 0.000869 e. The van der Waals surface area contributed by atoms with Crippen molar-refractivity contribution in [3.8, 4) is 0 Å². The first-order valence-corrected chi connectivity index (χ1v) is 5.43. The van der Waals surface area contributed by atoms with Crippen LogP contribution in [0.15, 0.2) is 35.5 Å². The van der Waals surface area contributed by atoms with E-state index in [1.807, 2.05) is 0 Å². The van der Waals surface area contributed by atoms with Crippen LogP contribution in [0, 0.1) is 11.8 Å². The first-order chi connectivity index (χ1) is 6.36. The van der Waals surface area contributed by atoms with Crippen LogP contribution in [0.25, 0.3) is 0 Å². The summed E-state index contributed by atoms with van der Waals surface area (Å²) in [4.78, 5) is 0. The second kappa shape index (κ2) is 3.53. The Kier molecular flexibility index (Phi) is 2.39. The van der Waals surface area contributed by atoms with E-state index in [9.17, 15) is 0 Å². The van der Waals surface area contributed by atoms with Crippen LogP contribution in [0.1, 0.15) is 33.1 Å². The first kappa shape index (κ1) is 8.80. The molecular weight excluding hydrogens is 156 g/mol. The molecular formula is C13H18. The fourth-order valence-electron chi connectivity index (χ4n) is 2.80. The molecule has 2 rings (SSSR count). The highest BCUT2D eigenvalue weighted by Gasteiger charge is 2.28. The summed E-state index contributed by atoms with van der Waals surface area (Å²) in [6, 6.07) is 0. The summed E-state index contributed by atoms with van der Waals surface area (Å²) in [7, 11) is 0. The number of hydrogen-bond donors (Lipinski definition) is 0. The lowest BCUT2D eigenvalue weighted by atomic mass is 9.96. The van der Waals surface area contributed by atoms with E-state index >= 15 is 0 Å². The van der Waals surface area contributed by atoms with Crippen LogP contribution in [-0.2, 0) is 0 Å². The molecule has 0 aromatic rings. The second-order valence-electron chi connectivity index (χ2n) is 3.98. The Labute approximate surface area is 81.0 Å². The summed E-state index contributed by atoms with van der Waals surface area (Å²) in [5.74, 6) is 1.50. The van der Waals surface area contributed by atoms with E-state index in [-0.39, 0.29) is 0 Å². The lowest BCUT2D eigenvalue weighted by Crippen LogP contribution is -1.94. The van der Waals surface area contributed by atoms with E-state index in [1.54, 1.807) is 11.1 Å². The monoisotopic (exact) mass is 174 g/mol. The molecule has 0 heterocycles. The topological polar surface area (TPSA) is 0 Å². The summed E-state index contributed by atoms with van der Waals surface area (Å²) in [5.41, 5.74) is 3.43. The average molecular weight is 174 g/mol. The maximum Gasteiger partial charge on any atom is -0.000869 e. The third-order valence-corrected chi connectivity index (χ3v) is 3.38. The van der Waals surface area contributed by atoms with Crippen LogP contribution in [0.5, 0.6) is 0 Å². The molecule has 0 spiro atoms. The Bertz CT molecular complexity index is 250. The van der Waals surface area contributed by atoms with Crippen molar-refractivity contribution in [2.45, 2.75) is 33.1 Å². The zero-order chi connectivity index (χ0) is 9.26. The van der Waals surface area contributed by atoms with Crippen molar-refractivity contribution in [3.63, 3.8) is 0 Å². The van der Waals surface area contributed by atoms with Gasteiger partial charge in [-0.05, 0) is 31.1 Å². The van der Waals surface area contributed by atoms with Crippen LogP contribution in [0.4, 0.5) is 0 Å². The summed E-state index contributed by atoms with van der Waals surface area (Å²) in [5, 5.41) is 0. The van der Waals surface area contributed by atoms with Crippen molar-refractivity contribution in [1.82, 2.24) is 0 Å². The van der Waals surface area contributed by atoms with Crippen molar-refractivity contribution >= 4 is 0 Å². The van der Waals surface area contributed by atoms with Gasteiger partial charge in [0.1, 0.15) is 0 Å². The molecule has 2 bridgehead atoms. The molecule has 2 aliphatic rings. The minimum absolute atomic E-state index is 0.750. The van der Waals surface area contributed by atoms with Crippen molar-refractivity contribution in [2.24, 2.45) is 11.8 Å². The summed E-state index contributed by atoms with van der Waals surface area (Å²) >= 11 is 0. The van der Waals surface area contributed by atoms with Gasteiger partial charge in [0.05, 0.1) is 0 Å². The molecule has 70 valence electrons. The quantitative estimate of drug-likeness (QED) is 0.557. The third kappa shape index (κ3) is 1.39. The molecule has 0 saturated heterocycles. The highest BCUT2D eigenvalue weighted by Crippen LogP contribution is 2.42. The van der Waals surface area contributed by atoms with E-state index in [0.29, 0.717) is 0 Å². The molecule has 0 aromatic heterocycles. The maximum absolute atomic E-state index is 2.37. The average Bonchev–Trinajstić information content (AvgIpc) is 2.31. The van der Waals surface area contributed by atoms with E-state index in [0.717, 1.165) is 11.8 Å². The minimum atomic E-state index is 0.750. The molecule has 0 N–H and O–H groups in total. The molecule has 2 unspecified atom stereocenters. The lowest BCUT2D eigenvalue weighted by molar-refractivity contribution is 0.642. The second-order valence-corrected chi connectivity index (χ2v) is 3.98. The van der Waals surface area contributed by atoms with Gasteiger partial charge in [-0.1, -0.05) is 49.3 Å². The molecule has 0 amide bonds. The molecule has 13 heavy (non-hydrogen) atoms. The van der Waals surface area contributed by atoms with Crippen LogP contribution < -0.4 is 0 Å². The fourth-order valence-corrected chi connectivity index (χ4v) is 2.80. The number of hydrogen-bond acceptors (Lipinski definition) is 0. The van der Waals surface area contributed by atoms with Gasteiger partial charge in [0.2, 0.25) is 0 Å². The standard InChI is InChI=1S/C13H18/c1-3-12-10-7-5-6-8-11(9-10)13(12)4-2/h5-8,10-11H,3-4,9H2,1-2H3. The molecule has 0 aromatic carbocycles. The maximum atomic E-state index is 2.37. The highest BCUT2D eigenvalue weighted by molar-refractivity contribution is 5.35. The number of fused-ring (bicyclic) bond motifs is 2. The molecule has 0 radical (unpaired) electrons. The van der Waals surface area contributed by atoms with Gasteiger partial charge in [-0.3, -0.25) is 0 Å². The zero-order valence-corrected chi connectivity index (χ0v) is 8.59. The normalized spacial score (nSPS) is 31.2. The largest absolute Gasteiger partial charge is 0.0773 e. The lowest BCUT2D eigenvalue weighted by Gasteiger charge is -2.10. The molecule has 0 nitrogen and oxygen atoms in total. The minimum Gasteiger partial charge on any atom is -0.0773 e. The fraction of sp³-hybridized carbons (Fsp3) is 0.538. The van der Waals surface area contributed by atoms with Gasteiger partial charge in [0.25, 0.3) is 0 Å². The van der Waals surface area contributed by atoms with Gasteiger partial charge < -0.3 is 0 Å².